The van der Waals surface area contributed by atoms with Crippen LogP contribution in [-0.4, -0.2) is 102 Å². The second-order valence-corrected chi connectivity index (χ2v) is 8.16. The van der Waals surface area contributed by atoms with Crippen LogP contribution in [0.15, 0.2) is 35.3 Å². The fourth-order valence-corrected chi connectivity index (χ4v) is 4.26. The number of methoxy groups -OCH3 is 1. The van der Waals surface area contributed by atoms with Crippen LogP contribution in [0.3, 0.4) is 0 Å². The topological polar surface area (TPSA) is 52.6 Å². The number of ether oxygens (including phenoxy) is 2. The molecular weight excluding hydrogens is 505 g/mol. The number of anilines is 1. The van der Waals surface area contributed by atoms with Crippen molar-refractivity contribution in [3.05, 3.63) is 30.3 Å². The van der Waals surface area contributed by atoms with Crippen molar-refractivity contribution >= 4 is 35.6 Å². The molecule has 8 heteroatoms. The van der Waals surface area contributed by atoms with Crippen LogP contribution in [0.25, 0.3) is 0 Å². The van der Waals surface area contributed by atoms with Crippen molar-refractivity contribution in [3.8, 4) is 0 Å². The molecule has 1 atom stereocenters. The van der Waals surface area contributed by atoms with Crippen molar-refractivity contribution in [2.45, 2.75) is 12.8 Å². The lowest BCUT2D eigenvalue weighted by Crippen LogP contribution is -2.47. The Hall–Kier alpha value is -1.10. The standard InChI is InChI=1S/C23H39N5O2.HI/c1-24-23(28-12-9-21(19-28)20-30-18-17-29-2)25-10-6-11-26-13-15-27(16-14-26)22-7-4-3-5-8-22;/h3-5,7-8,21H,6,9-20H2,1-2H3,(H,24,25);1H. The monoisotopic (exact) mass is 545 g/mol. The maximum Gasteiger partial charge on any atom is 0.193 e. The molecule has 0 bridgehead atoms. The Labute approximate surface area is 205 Å². The van der Waals surface area contributed by atoms with Crippen LogP contribution in [0.1, 0.15) is 12.8 Å². The maximum absolute atomic E-state index is 5.70. The van der Waals surface area contributed by atoms with E-state index in [2.05, 4.69) is 55.3 Å². The van der Waals surface area contributed by atoms with E-state index < -0.39 is 0 Å². The zero-order chi connectivity index (χ0) is 21.0. The van der Waals surface area contributed by atoms with Gasteiger partial charge in [0, 0.05) is 71.6 Å². The van der Waals surface area contributed by atoms with Crippen molar-refractivity contribution in [3.63, 3.8) is 0 Å². The molecular formula is C23H40IN5O2. The highest BCUT2D eigenvalue weighted by atomic mass is 127. The molecule has 0 amide bonds. The van der Waals surface area contributed by atoms with E-state index in [1.807, 2.05) is 7.05 Å². The van der Waals surface area contributed by atoms with Crippen LogP contribution in [0.2, 0.25) is 0 Å². The lowest BCUT2D eigenvalue weighted by atomic mass is 10.1. The quantitative estimate of drug-likeness (QED) is 0.211. The van der Waals surface area contributed by atoms with Crippen LogP contribution in [0.4, 0.5) is 5.69 Å². The number of halogens is 1. The van der Waals surface area contributed by atoms with E-state index in [4.69, 9.17) is 9.47 Å². The zero-order valence-corrected chi connectivity index (χ0v) is 21.5. The summed E-state index contributed by atoms with van der Waals surface area (Å²) >= 11 is 0. The minimum absolute atomic E-state index is 0. The molecule has 0 spiro atoms. The Balaban J connectivity index is 0.00000341. The summed E-state index contributed by atoms with van der Waals surface area (Å²) in [6.07, 6.45) is 2.31. The van der Waals surface area contributed by atoms with Crippen molar-refractivity contribution in [2.24, 2.45) is 10.9 Å². The summed E-state index contributed by atoms with van der Waals surface area (Å²) < 4.78 is 10.7. The molecule has 1 aromatic carbocycles. The SMILES string of the molecule is CN=C(NCCCN1CCN(c2ccccc2)CC1)N1CCC(COCCOC)C1.I. The predicted octanol–water partition coefficient (Wildman–Crippen LogP) is 2.38. The van der Waals surface area contributed by atoms with Crippen LogP contribution in [-0.2, 0) is 9.47 Å². The summed E-state index contributed by atoms with van der Waals surface area (Å²) in [5, 5.41) is 3.56. The molecule has 0 saturated carbocycles. The summed E-state index contributed by atoms with van der Waals surface area (Å²) in [5.41, 5.74) is 1.34. The van der Waals surface area contributed by atoms with Gasteiger partial charge in [-0.3, -0.25) is 9.89 Å². The van der Waals surface area contributed by atoms with Crippen LogP contribution in [0, 0.1) is 5.92 Å². The number of likely N-dealkylation sites (tertiary alicyclic amines) is 1. The highest BCUT2D eigenvalue weighted by molar-refractivity contribution is 14.0. The number of guanidine groups is 1. The number of piperazine rings is 1. The van der Waals surface area contributed by atoms with E-state index >= 15 is 0 Å². The molecule has 31 heavy (non-hydrogen) atoms. The summed E-state index contributed by atoms with van der Waals surface area (Å²) in [5.74, 6) is 1.62. The molecule has 1 N–H and O–H groups in total. The van der Waals surface area contributed by atoms with Gasteiger partial charge in [0.15, 0.2) is 5.96 Å². The Kier molecular flexibility index (Phi) is 12.5. The van der Waals surface area contributed by atoms with Gasteiger partial charge < -0.3 is 24.6 Å². The van der Waals surface area contributed by atoms with Gasteiger partial charge in [-0.15, -0.1) is 24.0 Å². The average Bonchev–Trinajstić information content (AvgIpc) is 3.26. The van der Waals surface area contributed by atoms with Crippen LogP contribution < -0.4 is 10.2 Å². The highest BCUT2D eigenvalue weighted by Crippen LogP contribution is 2.17. The van der Waals surface area contributed by atoms with Crippen molar-refractivity contribution < 1.29 is 9.47 Å². The van der Waals surface area contributed by atoms with Gasteiger partial charge in [0.05, 0.1) is 19.8 Å². The first-order valence-electron chi connectivity index (χ1n) is 11.3. The Morgan fingerprint density at radius 3 is 2.58 bits per heavy atom. The van der Waals surface area contributed by atoms with E-state index in [1.54, 1.807) is 7.11 Å². The molecule has 2 fully saturated rings. The maximum atomic E-state index is 5.70. The van der Waals surface area contributed by atoms with E-state index in [-0.39, 0.29) is 24.0 Å². The molecule has 0 radical (unpaired) electrons. The molecule has 2 aliphatic rings. The molecule has 0 aliphatic carbocycles. The van der Waals surface area contributed by atoms with Crippen LogP contribution >= 0.6 is 24.0 Å². The Bertz CT molecular complexity index is 626. The van der Waals surface area contributed by atoms with Gasteiger partial charge >= 0.3 is 0 Å². The van der Waals surface area contributed by atoms with Gasteiger partial charge in [0.25, 0.3) is 0 Å². The molecule has 2 heterocycles. The fraction of sp³-hybridized carbons (Fsp3) is 0.696. The van der Waals surface area contributed by atoms with E-state index in [0.29, 0.717) is 19.1 Å². The smallest absolute Gasteiger partial charge is 0.193 e. The second-order valence-electron chi connectivity index (χ2n) is 8.16. The lowest BCUT2D eigenvalue weighted by molar-refractivity contribution is 0.0536. The van der Waals surface area contributed by atoms with E-state index in [1.165, 1.54) is 12.1 Å². The minimum atomic E-state index is 0. The predicted molar refractivity (Wildman–Crippen MR) is 139 cm³/mol. The highest BCUT2D eigenvalue weighted by Gasteiger charge is 2.25. The van der Waals surface area contributed by atoms with Crippen LogP contribution in [0.5, 0.6) is 0 Å². The summed E-state index contributed by atoms with van der Waals surface area (Å²) in [6, 6.07) is 10.7. The van der Waals surface area contributed by atoms with Gasteiger partial charge in [0.1, 0.15) is 0 Å². The van der Waals surface area contributed by atoms with Gasteiger partial charge in [-0.2, -0.15) is 0 Å². The molecule has 7 nitrogen and oxygen atoms in total. The average molecular weight is 546 g/mol. The van der Waals surface area contributed by atoms with Crippen molar-refractivity contribution in [1.82, 2.24) is 15.1 Å². The second kappa shape index (κ2) is 14.9. The molecule has 3 rings (SSSR count). The number of aliphatic imine (C=N–C) groups is 1. The minimum Gasteiger partial charge on any atom is -0.382 e. The summed E-state index contributed by atoms with van der Waals surface area (Å²) in [6.45, 7) is 10.8. The fourth-order valence-electron chi connectivity index (χ4n) is 4.26. The molecule has 1 aromatic rings. The molecule has 0 aromatic heterocycles. The zero-order valence-electron chi connectivity index (χ0n) is 19.2. The van der Waals surface area contributed by atoms with E-state index in [9.17, 15) is 0 Å². The third-order valence-electron chi connectivity index (χ3n) is 6.01. The van der Waals surface area contributed by atoms with Gasteiger partial charge in [-0.05, 0) is 31.5 Å². The summed E-state index contributed by atoms with van der Waals surface area (Å²) in [7, 11) is 3.59. The molecule has 176 valence electrons. The number of nitrogens with one attached hydrogen (secondary N) is 1. The van der Waals surface area contributed by atoms with Crippen molar-refractivity contribution in [2.75, 3.05) is 91.2 Å². The normalized spacial score (nSPS) is 20.1. The molecule has 1 unspecified atom stereocenters. The van der Waals surface area contributed by atoms with Gasteiger partial charge in [-0.25, -0.2) is 0 Å². The molecule has 2 aliphatic heterocycles. The largest absolute Gasteiger partial charge is 0.382 e. The van der Waals surface area contributed by atoms with Gasteiger partial charge in [0.2, 0.25) is 0 Å². The lowest BCUT2D eigenvalue weighted by Gasteiger charge is -2.36. The van der Waals surface area contributed by atoms with Crippen molar-refractivity contribution in [1.29, 1.82) is 0 Å². The third-order valence-corrected chi connectivity index (χ3v) is 6.01. The van der Waals surface area contributed by atoms with Gasteiger partial charge in [-0.1, -0.05) is 18.2 Å². The van der Waals surface area contributed by atoms with E-state index in [0.717, 1.165) is 71.3 Å². The Morgan fingerprint density at radius 2 is 1.87 bits per heavy atom. The molecule has 2 saturated heterocycles. The number of nitrogens with zero attached hydrogens (tertiary/aromatic N) is 4. The number of hydrogen-bond donors (Lipinski definition) is 1. The Morgan fingerprint density at radius 1 is 1.10 bits per heavy atom. The number of hydrogen-bond acceptors (Lipinski definition) is 5. The summed E-state index contributed by atoms with van der Waals surface area (Å²) in [4.78, 5) is 11.9. The third kappa shape index (κ3) is 8.75. The number of para-hydroxylation sites is 1. The number of benzene rings is 1. The first-order chi connectivity index (χ1) is 14.8. The number of rotatable bonds is 10. The first-order valence-corrected chi connectivity index (χ1v) is 11.3. The first kappa shape index (κ1) is 26.2.